The van der Waals surface area contributed by atoms with Gasteiger partial charge in [-0.3, -0.25) is 4.98 Å². The molecule has 0 atom stereocenters. The van der Waals surface area contributed by atoms with Crippen molar-refractivity contribution in [3.8, 4) is 17.0 Å². The third-order valence-electron chi connectivity index (χ3n) is 4.40. The molecule has 0 fully saturated rings. The van der Waals surface area contributed by atoms with Crippen LogP contribution in [0.5, 0.6) is 5.75 Å². The van der Waals surface area contributed by atoms with Crippen LogP contribution in [0.4, 0.5) is 5.69 Å². The SMILES string of the molecule is Oc1cnc2c(NCc3nnc4ccc(-c5ccccc5)nn34)ccnc2c1. The average Bonchev–Trinajstić information content (AvgIpc) is 3.15. The summed E-state index contributed by atoms with van der Waals surface area (Å²) >= 11 is 0. The van der Waals surface area contributed by atoms with Gasteiger partial charge in [-0.25, -0.2) is 4.98 Å². The van der Waals surface area contributed by atoms with Crippen LogP contribution in [0.1, 0.15) is 5.82 Å². The van der Waals surface area contributed by atoms with E-state index >= 15 is 0 Å². The van der Waals surface area contributed by atoms with Gasteiger partial charge in [0.2, 0.25) is 0 Å². The van der Waals surface area contributed by atoms with Crippen LogP contribution >= 0.6 is 0 Å². The Morgan fingerprint density at radius 2 is 1.86 bits per heavy atom. The number of fused-ring (bicyclic) bond motifs is 2. The summed E-state index contributed by atoms with van der Waals surface area (Å²) in [4.78, 5) is 8.50. The Hall–Kier alpha value is -4.07. The van der Waals surface area contributed by atoms with Crippen molar-refractivity contribution in [2.24, 2.45) is 0 Å². The van der Waals surface area contributed by atoms with Gasteiger partial charge in [0.05, 0.1) is 29.6 Å². The number of aromatic nitrogens is 6. The first kappa shape index (κ1) is 16.1. The van der Waals surface area contributed by atoms with Crippen molar-refractivity contribution in [3.63, 3.8) is 0 Å². The van der Waals surface area contributed by atoms with E-state index in [0.717, 1.165) is 16.9 Å². The minimum absolute atomic E-state index is 0.0817. The highest BCUT2D eigenvalue weighted by Crippen LogP contribution is 2.23. The van der Waals surface area contributed by atoms with Gasteiger partial charge in [0, 0.05) is 17.8 Å². The second-order valence-electron chi connectivity index (χ2n) is 6.24. The molecule has 0 aliphatic heterocycles. The molecule has 0 bridgehead atoms. The molecular weight excluding hydrogens is 354 g/mol. The van der Waals surface area contributed by atoms with Crippen LogP contribution in [0.25, 0.3) is 27.9 Å². The van der Waals surface area contributed by atoms with E-state index < -0.39 is 0 Å². The normalized spacial score (nSPS) is 11.1. The Labute approximate surface area is 159 Å². The number of hydrogen-bond donors (Lipinski definition) is 2. The number of hydrogen-bond acceptors (Lipinski definition) is 7. The Morgan fingerprint density at radius 3 is 2.75 bits per heavy atom. The fraction of sp³-hybridized carbons (Fsp3) is 0.0500. The fourth-order valence-electron chi connectivity index (χ4n) is 3.04. The zero-order valence-electron chi connectivity index (χ0n) is 14.7. The predicted molar refractivity (Wildman–Crippen MR) is 105 cm³/mol. The molecule has 0 spiro atoms. The van der Waals surface area contributed by atoms with Crippen LogP contribution in [-0.4, -0.2) is 34.9 Å². The second kappa shape index (κ2) is 6.58. The first-order valence-corrected chi connectivity index (χ1v) is 8.72. The first-order valence-electron chi connectivity index (χ1n) is 8.72. The van der Waals surface area contributed by atoms with Crippen molar-refractivity contribution in [1.29, 1.82) is 0 Å². The molecule has 1 aromatic carbocycles. The molecular formula is C20H15N7O. The van der Waals surface area contributed by atoms with Gasteiger partial charge in [-0.1, -0.05) is 30.3 Å². The Balaban J connectivity index is 1.47. The number of benzene rings is 1. The van der Waals surface area contributed by atoms with E-state index in [4.69, 9.17) is 0 Å². The lowest BCUT2D eigenvalue weighted by Crippen LogP contribution is -2.07. The lowest BCUT2D eigenvalue weighted by atomic mass is 10.1. The molecule has 4 aromatic heterocycles. The van der Waals surface area contributed by atoms with Gasteiger partial charge in [0.1, 0.15) is 11.3 Å². The molecule has 28 heavy (non-hydrogen) atoms. The van der Waals surface area contributed by atoms with Crippen molar-refractivity contribution in [3.05, 3.63) is 72.8 Å². The number of aromatic hydroxyl groups is 1. The summed E-state index contributed by atoms with van der Waals surface area (Å²) in [6, 6.07) is 17.2. The first-order chi connectivity index (χ1) is 13.8. The zero-order chi connectivity index (χ0) is 18.9. The van der Waals surface area contributed by atoms with Gasteiger partial charge in [0.25, 0.3) is 0 Å². The monoisotopic (exact) mass is 369 g/mol. The maximum atomic E-state index is 9.59. The van der Waals surface area contributed by atoms with E-state index in [1.807, 2.05) is 48.5 Å². The van der Waals surface area contributed by atoms with Crippen molar-refractivity contribution < 1.29 is 5.11 Å². The second-order valence-corrected chi connectivity index (χ2v) is 6.24. The molecule has 4 heterocycles. The van der Waals surface area contributed by atoms with Gasteiger partial charge >= 0.3 is 0 Å². The largest absolute Gasteiger partial charge is 0.506 e. The molecule has 0 aliphatic carbocycles. The van der Waals surface area contributed by atoms with Crippen molar-refractivity contribution in [1.82, 2.24) is 29.8 Å². The van der Waals surface area contributed by atoms with Crippen molar-refractivity contribution in [2.75, 3.05) is 5.32 Å². The highest BCUT2D eigenvalue weighted by molar-refractivity contribution is 5.87. The van der Waals surface area contributed by atoms with Gasteiger partial charge in [-0.05, 0) is 18.2 Å². The van der Waals surface area contributed by atoms with E-state index in [9.17, 15) is 5.11 Å². The minimum Gasteiger partial charge on any atom is -0.506 e. The molecule has 0 amide bonds. The fourth-order valence-corrected chi connectivity index (χ4v) is 3.04. The molecule has 0 saturated carbocycles. The van der Waals surface area contributed by atoms with Crippen LogP contribution in [-0.2, 0) is 6.54 Å². The molecule has 2 N–H and O–H groups in total. The molecule has 0 radical (unpaired) electrons. The predicted octanol–water partition coefficient (Wildman–Crippen LogP) is 3.05. The summed E-state index contributed by atoms with van der Waals surface area (Å²) in [5.74, 6) is 0.759. The summed E-state index contributed by atoms with van der Waals surface area (Å²) in [5.41, 5.74) is 4.63. The topological polar surface area (TPSA) is 101 Å². The van der Waals surface area contributed by atoms with Gasteiger partial charge in [-0.15, -0.1) is 10.2 Å². The maximum absolute atomic E-state index is 9.59. The quantitative estimate of drug-likeness (QED) is 0.502. The highest BCUT2D eigenvalue weighted by atomic mass is 16.3. The van der Waals surface area contributed by atoms with E-state index in [0.29, 0.717) is 29.0 Å². The molecule has 0 aliphatic rings. The van der Waals surface area contributed by atoms with Crippen molar-refractivity contribution >= 4 is 22.4 Å². The highest BCUT2D eigenvalue weighted by Gasteiger charge is 2.10. The van der Waals surface area contributed by atoms with E-state index in [-0.39, 0.29) is 5.75 Å². The van der Waals surface area contributed by atoms with Crippen LogP contribution in [0, 0.1) is 0 Å². The average molecular weight is 369 g/mol. The molecule has 0 unspecified atom stereocenters. The lowest BCUT2D eigenvalue weighted by Gasteiger charge is -2.08. The summed E-state index contributed by atoms with van der Waals surface area (Å²) in [6.07, 6.45) is 3.06. The third kappa shape index (κ3) is 2.86. The van der Waals surface area contributed by atoms with Gasteiger partial charge in [0.15, 0.2) is 11.5 Å². The Morgan fingerprint density at radius 1 is 0.964 bits per heavy atom. The van der Waals surface area contributed by atoms with Gasteiger partial charge < -0.3 is 10.4 Å². The third-order valence-corrected chi connectivity index (χ3v) is 4.40. The summed E-state index contributed by atoms with van der Waals surface area (Å²) in [6.45, 7) is 0.411. The summed E-state index contributed by atoms with van der Waals surface area (Å²) < 4.78 is 1.73. The number of pyridine rings is 2. The standard InChI is InChI=1S/C20H15N7O/c28-14-10-17-20(23-11-14)16(8-9-21-17)22-12-19-25-24-18-7-6-15(26-27(18)19)13-4-2-1-3-5-13/h1-11,28H,12H2,(H,21,22). The molecule has 0 saturated heterocycles. The summed E-state index contributed by atoms with van der Waals surface area (Å²) in [5, 5.41) is 26.0. The van der Waals surface area contributed by atoms with Crippen LogP contribution in [0.3, 0.4) is 0 Å². The molecule has 5 rings (SSSR count). The summed E-state index contributed by atoms with van der Waals surface area (Å²) in [7, 11) is 0. The minimum atomic E-state index is 0.0817. The zero-order valence-corrected chi connectivity index (χ0v) is 14.7. The number of anilines is 1. The smallest absolute Gasteiger partial charge is 0.178 e. The molecule has 8 heteroatoms. The molecule has 136 valence electrons. The van der Waals surface area contributed by atoms with E-state index in [1.165, 1.54) is 6.20 Å². The number of nitrogens with zero attached hydrogens (tertiary/aromatic N) is 6. The van der Waals surface area contributed by atoms with Crippen molar-refractivity contribution in [2.45, 2.75) is 6.54 Å². The van der Waals surface area contributed by atoms with Crippen LogP contribution in [0.15, 0.2) is 67.0 Å². The maximum Gasteiger partial charge on any atom is 0.178 e. The molecule has 8 nitrogen and oxygen atoms in total. The lowest BCUT2D eigenvalue weighted by molar-refractivity contribution is 0.473. The van der Waals surface area contributed by atoms with E-state index in [1.54, 1.807) is 16.8 Å². The molecule has 5 aromatic rings. The number of nitrogens with one attached hydrogen (secondary N) is 1. The Bertz CT molecular complexity index is 1280. The van der Waals surface area contributed by atoms with Crippen LogP contribution in [0.2, 0.25) is 0 Å². The number of rotatable bonds is 4. The Kier molecular flexibility index (Phi) is 3.79. The van der Waals surface area contributed by atoms with Gasteiger partial charge in [-0.2, -0.15) is 9.61 Å². The van der Waals surface area contributed by atoms with Crippen LogP contribution < -0.4 is 5.32 Å². The van der Waals surface area contributed by atoms with E-state index in [2.05, 4.69) is 30.6 Å².